The monoisotopic (exact) mass is 270 g/mol. The van der Waals surface area contributed by atoms with Gasteiger partial charge in [-0.1, -0.05) is 60.5 Å². The molecule has 0 amide bonds. The molecule has 106 valence electrons. The molecule has 0 saturated carbocycles. The van der Waals surface area contributed by atoms with Crippen LogP contribution in [0.25, 0.3) is 0 Å². The normalized spacial score (nSPS) is 12.0. The van der Waals surface area contributed by atoms with E-state index in [1.807, 2.05) is 0 Å². The third kappa shape index (κ3) is 4.60. The zero-order valence-electron chi connectivity index (χ0n) is 13.0. The maximum Gasteiger partial charge on any atom is 0.319 e. The zero-order chi connectivity index (χ0) is 14.3. The van der Waals surface area contributed by atoms with Crippen LogP contribution < -0.4 is 0 Å². The Morgan fingerprint density at radius 1 is 1.17 bits per heavy atom. The molecule has 0 aromatic rings. The summed E-state index contributed by atoms with van der Waals surface area (Å²) in [5, 5.41) is 0. The first-order valence-electron chi connectivity index (χ1n) is 7.16. The van der Waals surface area contributed by atoms with Gasteiger partial charge in [-0.3, -0.25) is 0 Å². The van der Waals surface area contributed by atoms with Gasteiger partial charge in [0.25, 0.3) is 8.32 Å². The van der Waals surface area contributed by atoms with E-state index in [9.17, 15) is 4.79 Å². The van der Waals surface area contributed by atoms with Crippen LogP contribution in [0.3, 0.4) is 0 Å². The molecule has 0 aliphatic rings. The Labute approximate surface area is 114 Å². The topological polar surface area (TPSA) is 26.3 Å². The smallest absolute Gasteiger partial charge is 0.319 e. The second-order valence-corrected chi connectivity index (χ2v) is 10.8. The molecule has 2 nitrogen and oxygen atoms in total. The molecule has 0 atom stereocenters. The summed E-state index contributed by atoms with van der Waals surface area (Å²) < 4.78 is 5.97. The fourth-order valence-electron chi connectivity index (χ4n) is 2.44. The summed E-state index contributed by atoms with van der Waals surface area (Å²) in [6, 6.07) is 1.08. The summed E-state index contributed by atoms with van der Waals surface area (Å²) in [6.45, 7) is 16.4. The van der Waals surface area contributed by atoms with Gasteiger partial charge < -0.3 is 4.43 Å². The predicted molar refractivity (Wildman–Crippen MR) is 81.2 cm³/mol. The van der Waals surface area contributed by atoms with E-state index >= 15 is 0 Å². The first-order chi connectivity index (χ1) is 8.27. The van der Waals surface area contributed by atoms with E-state index in [1.165, 1.54) is 19.3 Å². The summed E-state index contributed by atoms with van der Waals surface area (Å²) >= 11 is 0. The first kappa shape index (κ1) is 17.4. The van der Waals surface area contributed by atoms with E-state index in [1.54, 1.807) is 6.92 Å². The van der Waals surface area contributed by atoms with Crippen LogP contribution in [0.4, 0.5) is 0 Å². The summed E-state index contributed by atoms with van der Waals surface area (Å²) in [5.74, 6) is -0.194. The SMILES string of the molecule is C=C(C)C(=O)O[Si](CCCCC)(C(C)C)C(C)C. The molecular weight excluding hydrogens is 240 g/mol. The number of unbranched alkanes of at least 4 members (excludes halogenated alkanes) is 2. The second kappa shape index (κ2) is 7.77. The molecule has 0 aliphatic heterocycles. The van der Waals surface area contributed by atoms with Crippen LogP contribution in [0.5, 0.6) is 0 Å². The van der Waals surface area contributed by atoms with Gasteiger partial charge in [-0.2, -0.15) is 0 Å². The van der Waals surface area contributed by atoms with Crippen molar-refractivity contribution in [2.24, 2.45) is 0 Å². The molecular formula is C15H30O2Si. The molecule has 0 unspecified atom stereocenters. The number of hydrogen-bond acceptors (Lipinski definition) is 2. The molecule has 0 bridgehead atoms. The van der Waals surface area contributed by atoms with Crippen molar-refractivity contribution in [2.75, 3.05) is 0 Å². The van der Waals surface area contributed by atoms with E-state index in [0.29, 0.717) is 16.7 Å². The third-order valence-electron chi connectivity index (χ3n) is 3.76. The Balaban J connectivity index is 4.97. The predicted octanol–water partition coefficient (Wildman–Crippen LogP) is 5.06. The van der Waals surface area contributed by atoms with Gasteiger partial charge in [0.05, 0.1) is 0 Å². The van der Waals surface area contributed by atoms with E-state index in [4.69, 9.17) is 4.43 Å². The van der Waals surface area contributed by atoms with Crippen LogP contribution in [-0.2, 0) is 9.22 Å². The second-order valence-electron chi connectivity index (χ2n) is 5.89. The van der Waals surface area contributed by atoms with Crippen LogP contribution in [0, 0.1) is 0 Å². The fraction of sp³-hybridized carbons (Fsp3) is 0.800. The Morgan fingerprint density at radius 3 is 2.00 bits per heavy atom. The van der Waals surface area contributed by atoms with Crippen molar-refractivity contribution in [2.45, 2.75) is 77.9 Å². The number of carbonyl (C=O) groups is 1. The van der Waals surface area contributed by atoms with Crippen molar-refractivity contribution in [3.63, 3.8) is 0 Å². The van der Waals surface area contributed by atoms with Gasteiger partial charge in [-0.15, -0.1) is 0 Å². The largest absolute Gasteiger partial charge is 0.515 e. The highest BCUT2D eigenvalue weighted by Crippen LogP contribution is 2.38. The minimum absolute atomic E-state index is 0.194. The standard InChI is InChI=1S/C15H30O2Si/c1-8-9-10-11-18(13(4)5,14(6)7)17-15(16)12(2)3/h13-14H,2,8-11H2,1,3-7H3. The first-order valence-corrected chi connectivity index (χ1v) is 9.43. The number of hydrogen-bond donors (Lipinski definition) is 0. The quantitative estimate of drug-likeness (QED) is 0.350. The van der Waals surface area contributed by atoms with Crippen molar-refractivity contribution >= 4 is 14.3 Å². The lowest BCUT2D eigenvalue weighted by Gasteiger charge is -2.38. The molecule has 3 heteroatoms. The fourth-order valence-corrected chi connectivity index (χ4v) is 6.83. The average Bonchev–Trinajstić information content (AvgIpc) is 2.26. The van der Waals surface area contributed by atoms with Crippen LogP contribution in [0.1, 0.15) is 60.8 Å². The van der Waals surface area contributed by atoms with Crippen molar-refractivity contribution in [1.29, 1.82) is 0 Å². The molecule has 0 rings (SSSR count). The van der Waals surface area contributed by atoms with Crippen molar-refractivity contribution < 1.29 is 9.22 Å². The van der Waals surface area contributed by atoms with E-state index in [0.717, 1.165) is 6.04 Å². The van der Waals surface area contributed by atoms with Gasteiger partial charge in [-0.05, 0) is 24.1 Å². The lowest BCUT2D eigenvalue weighted by atomic mass is 10.3. The molecule has 18 heavy (non-hydrogen) atoms. The van der Waals surface area contributed by atoms with Crippen LogP contribution in [0.15, 0.2) is 12.2 Å². The molecule has 0 aromatic carbocycles. The summed E-state index contributed by atoms with van der Waals surface area (Å²) in [7, 11) is -2.02. The molecule has 0 N–H and O–H groups in total. The maximum absolute atomic E-state index is 11.9. The van der Waals surface area contributed by atoms with E-state index in [-0.39, 0.29) is 5.97 Å². The van der Waals surface area contributed by atoms with E-state index in [2.05, 4.69) is 41.2 Å². The number of rotatable bonds is 8. The maximum atomic E-state index is 11.9. The van der Waals surface area contributed by atoms with Crippen molar-refractivity contribution in [3.05, 3.63) is 12.2 Å². The number of carbonyl (C=O) groups excluding carboxylic acids is 1. The van der Waals surface area contributed by atoms with Crippen LogP contribution in [0.2, 0.25) is 17.1 Å². The van der Waals surface area contributed by atoms with Crippen molar-refractivity contribution in [3.8, 4) is 0 Å². The lowest BCUT2D eigenvalue weighted by Crippen LogP contribution is -2.46. The summed E-state index contributed by atoms with van der Waals surface area (Å²) in [4.78, 5) is 11.9. The van der Waals surface area contributed by atoms with Crippen LogP contribution >= 0.6 is 0 Å². The summed E-state index contributed by atoms with van der Waals surface area (Å²) in [5.41, 5.74) is 1.43. The van der Waals surface area contributed by atoms with Gasteiger partial charge in [0, 0.05) is 5.57 Å². The molecule has 0 radical (unpaired) electrons. The van der Waals surface area contributed by atoms with Gasteiger partial charge in [-0.25, -0.2) is 4.79 Å². The molecule has 0 heterocycles. The molecule has 0 aromatic heterocycles. The highest BCUT2D eigenvalue weighted by Gasteiger charge is 2.44. The third-order valence-corrected chi connectivity index (χ3v) is 9.37. The van der Waals surface area contributed by atoms with Gasteiger partial charge in [0.15, 0.2) is 0 Å². The van der Waals surface area contributed by atoms with Gasteiger partial charge >= 0.3 is 5.97 Å². The van der Waals surface area contributed by atoms with Crippen LogP contribution in [-0.4, -0.2) is 14.3 Å². The average molecular weight is 270 g/mol. The molecule has 0 spiro atoms. The minimum Gasteiger partial charge on any atom is -0.515 e. The Hall–Kier alpha value is -0.573. The molecule has 0 saturated heterocycles. The van der Waals surface area contributed by atoms with Crippen molar-refractivity contribution in [1.82, 2.24) is 0 Å². The Kier molecular flexibility index (Phi) is 7.53. The highest BCUT2D eigenvalue weighted by molar-refractivity contribution is 6.77. The molecule has 0 fully saturated rings. The van der Waals surface area contributed by atoms with Gasteiger partial charge in [0.2, 0.25) is 0 Å². The Morgan fingerprint density at radius 2 is 1.67 bits per heavy atom. The Bertz CT molecular complexity index is 274. The lowest BCUT2D eigenvalue weighted by molar-refractivity contribution is -0.131. The molecule has 0 aliphatic carbocycles. The van der Waals surface area contributed by atoms with E-state index < -0.39 is 8.32 Å². The zero-order valence-corrected chi connectivity index (χ0v) is 14.0. The minimum atomic E-state index is -2.02. The summed E-state index contributed by atoms with van der Waals surface area (Å²) in [6.07, 6.45) is 3.59. The van der Waals surface area contributed by atoms with Gasteiger partial charge in [0.1, 0.15) is 0 Å². The highest BCUT2D eigenvalue weighted by atomic mass is 28.4.